The molecule has 0 amide bonds. The van der Waals surface area contributed by atoms with E-state index in [1.54, 1.807) is 18.2 Å². The number of nitrogens with one attached hydrogen (secondary N) is 1. The third-order valence-corrected chi connectivity index (χ3v) is 4.32. The molecule has 4 rings (SSSR count). The van der Waals surface area contributed by atoms with Crippen molar-refractivity contribution < 1.29 is 0 Å². The van der Waals surface area contributed by atoms with Crippen LogP contribution in [0.25, 0.3) is 16.6 Å². The van der Waals surface area contributed by atoms with Crippen molar-refractivity contribution in [1.29, 1.82) is 5.26 Å². The summed E-state index contributed by atoms with van der Waals surface area (Å²) >= 11 is 6.02. The van der Waals surface area contributed by atoms with Gasteiger partial charge < -0.3 is 9.72 Å². The van der Waals surface area contributed by atoms with Gasteiger partial charge in [0.1, 0.15) is 11.5 Å². The molecule has 0 unspecified atom stereocenters. The van der Waals surface area contributed by atoms with E-state index in [1.165, 1.54) is 0 Å². The van der Waals surface area contributed by atoms with Gasteiger partial charge in [-0.1, -0.05) is 17.7 Å². The number of benzene rings is 1. The Balaban J connectivity index is 1.65. The minimum absolute atomic E-state index is 0.526. The zero-order valence-corrected chi connectivity index (χ0v) is 14.2. The maximum Gasteiger partial charge on any atom is 0.137 e. The number of aryl methyl sites for hydroxylation is 1. The van der Waals surface area contributed by atoms with E-state index in [4.69, 9.17) is 11.6 Å². The van der Waals surface area contributed by atoms with Gasteiger partial charge in [-0.15, -0.1) is 0 Å². The normalized spacial score (nSPS) is 10.9. The number of aromatic nitrogens is 3. The molecule has 3 aromatic heterocycles. The van der Waals surface area contributed by atoms with Crippen LogP contribution in [0.1, 0.15) is 17.0 Å². The number of hydrogen-bond donors (Lipinski definition) is 1. The maximum atomic E-state index is 9.40. The van der Waals surface area contributed by atoms with Crippen LogP contribution in [0, 0.1) is 18.3 Å². The summed E-state index contributed by atoms with van der Waals surface area (Å²) in [7, 11) is 0. The standard InChI is InChI=1S/C19H14ClN5/c1-12-3-2-4-19-23-15(11-25(12)19)10-22-18-7-13(9-21)16-8-14(20)5-6-17(16)24-18/h2-8,11H,10H2,1H3,(H,22,24). The minimum atomic E-state index is 0.526. The molecule has 0 fully saturated rings. The summed E-state index contributed by atoms with van der Waals surface area (Å²) in [5.41, 5.74) is 4.22. The van der Waals surface area contributed by atoms with E-state index in [0.717, 1.165) is 27.9 Å². The smallest absolute Gasteiger partial charge is 0.137 e. The number of nitriles is 1. The van der Waals surface area contributed by atoms with Crippen molar-refractivity contribution in [1.82, 2.24) is 14.4 Å². The van der Waals surface area contributed by atoms with E-state index < -0.39 is 0 Å². The van der Waals surface area contributed by atoms with Crippen LogP contribution in [-0.2, 0) is 6.54 Å². The Morgan fingerprint density at radius 2 is 2.08 bits per heavy atom. The molecule has 1 aromatic carbocycles. The second kappa shape index (κ2) is 6.08. The van der Waals surface area contributed by atoms with Crippen molar-refractivity contribution in [3.8, 4) is 6.07 Å². The molecule has 0 aliphatic heterocycles. The molecule has 0 saturated heterocycles. The van der Waals surface area contributed by atoms with Crippen LogP contribution in [0.5, 0.6) is 0 Å². The molecule has 0 radical (unpaired) electrons. The Hall–Kier alpha value is -3.10. The second-order valence-corrected chi connectivity index (χ2v) is 6.25. The molecule has 6 heteroatoms. The fourth-order valence-corrected chi connectivity index (χ4v) is 3.02. The van der Waals surface area contributed by atoms with Gasteiger partial charge in [-0.25, -0.2) is 9.97 Å². The first-order valence-electron chi connectivity index (χ1n) is 7.82. The van der Waals surface area contributed by atoms with Gasteiger partial charge in [-0.3, -0.25) is 0 Å². The fourth-order valence-electron chi connectivity index (χ4n) is 2.85. The van der Waals surface area contributed by atoms with Crippen LogP contribution in [0.3, 0.4) is 0 Å². The molecule has 122 valence electrons. The molecule has 0 aliphatic rings. The highest BCUT2D eigenvalue weighted by Crippen LogP contribution is 2.24. The van der Waals surface area contributed by atoms with Crippen molar-refractivity contribution in [2.24, 2.45) is 0 Å². The summed E-state index contributed by atoms with van der Waals surface area (Å²) in [4.78, 5) is 9.15. The lowest BCUT2D eigenvalue weighted by atomic mass is 10.1. The number of imidazole rings is 1. The predicted molar refractivity (Wildman–Crippen MR) is 98.7 cm³/mol. The van der Waals surface area contributed by atoms with Crippen LogP contribution < -0.4 is 5.32 Å². The molecular formula is C19H14ClN5. The van der Waals surface area contributed by atoms with Gasteiger partial charge >= 0.3 is 0 Å². The largest absolute Gasteiger partial charge is 0.364 e. The van der Waals surface area contributed by atoms with Crippen molar-refractivity contribution in [3.63, 3.8) is 0 Å². The minimum Gasteiger partial charge on any atom is -0.364 e. The van der Waals surface area contributed by atoms with Crippen molar-refractivity contribution in [3.05, 3.63) is 70.6 Å². The molecule has 0 spiro atoms. The number of hydrogen-bond acceptors (Lipinski definition) is 4. The highest BCUT2D eigenvalue weighted by molar-refractivity contribution is 6.31. The number of fused-ring (bicyclic) bond motifs is 2. The molecule has 0 atom stereocenters. The average Bonchev–Trinajstić information content (AvgIpc) is 3.04. The van der Waals surface area contributed by atoms with Crippen LogP contribution in [0.4, 0.5) is 5.82 Å². The summed E-state index contributed by atoms with van der Waals surface area (Å²) in [6.07, 6.45) is 2.00. The zero-order valence-electron chi connectivity index (χ0n) is 13.5. The molecule has 3 heterocycles. The number of halogens is 1. The lowest BCUT2D eigenvalue weighted by molar-refractivity contribution is 1.05. The van der Waals surface area contributed by atoms with E-state index in [-0.39, 0.29) is 0 Å². The third kappa shape index (κ3) is 2.88. The highest BCUT2D eigenvalue weighted by Gasteiger charge is 2.08. The molecule has 25 heavy (non-hydrogen) atoms. The fraction of sp³-hybridized carbons (Fsp3) is 0.105. The Morgan fingerprint density at radius 1 is 1.20 bits per heavy atom. The summed E-state index contributed by atoms with van der Waals surface area (Å²) in [6.45, 7) is 2.57. The number of anilines is 1. The Bertz CT molecular complexity index is 1140. The average molecular weight is 348 g/mol. The van der Waals surface area contributed by atoms with Gasteiger partial charge in [0.25, 0.3) is 0 Å². The van der Waals surface area contributed by atoms with Crippen LogP contribution in [0.15, 0.2) is 48.7 Å². The van der Waals surface area contributed by atoms with E-state index in [2.05, 4.69) is 21.4 Å². The summed E-state index contributed by atoms with van der Waals surface area (Å²) in [5.74, 6) is 0.639. The van der Waals surface area contributed by atoms with E-state index in [0.29, 0.717) is 22.9 Å². The van der Waals surface area contributed by atoms with E-state index >= 15 is 0 Å². The Labute approximate surface area is 149 Å². The van der Waals surface area contributed by atoms with E-state index in [1.807, 2.05) is 41.8 Å². The van der Waals surface area contributed by atoms with Gasteiger partial charge in [-0.2, -0.15) is 5.26 Å². The summed E-state index contributed by atoms with van der Waals surface area (Å²) in [6, 6.07) is 15.3. The SMILES string of the molecule is Cc1cccc2nc(CNc3cc(C#N)c4cc(Cl)ccc4n3)cn12. The third-order valence-electron chi connectivity index (χ3n) is 4.09. The van der Waals surface area contributed by atoms with Gasteiger partial charge in [0.05, 0.1) is 29.4 Å². The topological polar surface area (TPSA) is 66.0 Å². The van der Waals surface area contributed by atoms with Gasteiger partial charge in [-0.05, 0) is 43.3 Å². The lowest BCUT2D eigenvalue weighted by Crippen LogP contribution is -2.02. The van der Waals surface area contributed by atoms with Crippen LogP contribution in [-0.4, -0.2) is 14.4 Å². The molecular weight excluding hydrogens is 334 g/mol. The monoisotopic (exact) mass is 347 g/mol. The maximum absolute atomic E-state index is 9.40. The van der Waals surface area contributed by atoms with Gasteiger partial charge in [0.15, 0.2) is 0 Å². The van der Waals surface area contributed by atoms with Crippen molar-refractivity contribution in [2.45, 2.75) is 13.5 Å². The summed E-state index contributed by atoms with van der Waals surface area (Å²) < 4.78 is 2.05. The first-order valence-corrected chi connectivity index (χ1v) is 8.20. The van der Waals surface area contributed by atoms with Crippen LogP contribution in [0.2, 0.25) is 5.02 Å². The van der Waals surface area contributed by atoms with Gasteiger partial charge in [0.2, 0.25) is 0 Å². The van der Waals surface area contributed by atoms with Gasteiger partial charge in [0, 0.05) is 22.3 Å². The lowest BCUT2D eigenvalue weighted by Gasteiger charge is -2.07. The first kappa shape index (κ1) is 15.4. The Kier molecular flexibility index (Phi) is 3.75. The zero-order chi connectivity index (χ0) is 17.4. The Morgan fingerprint density at radius 3 is 2.88 bits per heavy atom. The number of pyridine rings is 2. The quantitative estimate of drug-likeness (QED) is 0.599. The second-order valence-electron chi connectivity index (χ2n) is 5.81. The predicted octanol–water partition coefficient (Wildman–Crippen LogP) is 4.33. The molecule has 0 saturated carbocycles. The van der Waals surface area contributed by atoms with Crippen molar-refractivity contribution in [2.75, 3.05) is 5.32 Å². The summed E-state index contributed by atoms with van der Waals surface area (Å²) in [5, 5.41) is 14.0. The van der Waals surface area contributed by atoms with Crippen molar-refractivity contribution >= 4 is 34.0 Å². The molecule has 5 nitrogen and oxygen atoms in total. The number of rotatable bonds is 3. The van der Waals surface area contributed by atoms with E-state index in [9.17, 15) is 5.26 Å². The first-order chi connectivity index (χ1) is 12.1. The molecule has 0 bridgehead atoms. The molecule has 4 aromatic rings. The molecule has 1 N–H and O–H groups in total. The van der Waals surface area contributed by atoms with Crippen LogP contribution >= 0.6 is 11.6 Å². The number of nitrogens with zero attached hydrogens (tertiary/aromatic N) is 4. The highest BCUT2D eigenvalue weighted by atomic mass is 35.5. The molecule has 0 aliphatic carbocycles.